The Kier molecular flexibility index (Phi) is 2.89. The topological polar surface area (TPSA) is 71.3 Å². The van der Waals surface area contributed by atoms with E-state index < -0.39 is 0 Å². The molecule has 0 aromatic carbocycles. The van der Waals surface area contributed by atoms with Crippen molar-refractivity contribution in [2.75, 3.05) is 6.54 Å². The maximum Gasteiger partial charge on any atom is 0.254 e. The van der Waals surface area contributed by atoms with Crippen LogP contribution in [0.3, 0.4) is 0 Å². The summed E-state index contributed by atoms with van der Waals surface area (Å²) in [7, 11) is 1.82. The van der Waals surface area contributed by atoms with Gasteiger partial charge in [-0.15, -0.1) is 0 Å². The molecule has 1 aromatic rings. The highest BCUT2D eigenvalue weighted by Gasteiger charge is 2.30. The molecule has 1 fully saturated rings. The Hall–Kier alpha value is -1.85. The van der Waals surface area contributed by atoms with Gasteiger partial charge >= 0.3 is 0 Å². The lowest BCUT2D eigenvalue weighted by Gasteiger charge is -2.03. The lowest BCUT2D eigenvalue weighted by Crippen LogP contribution is -2.25. The van der Waals surface area contributed by atoms with Gasteiger partial charge in [0, 0.05) is 25.4 Å². The SMILES string of the molecule is CCCN=C1NC(=O)C(c2cnn(C)c2)N1. The molecule has 0 saturated carbocycles. The molecule has 0 radical (unpaired) electrons. The van der Waals surface area contributed by atoms with Gasteiger partial charge in [-0.05, 0) is 6.42 Å². The zero-order valence-corrected chi connectivity index (χ0v) is 9.40. The molecule has 2 heterocycles. The van der Waals surface area contributed by atoms with Gasteiger partial charge in [0.2, 0.25) is 0 Å². The number of amides is 1. The Morgan fingerprint density at radius 2 is 2.44 bits per heavy atom. The second kappa shape index (κ2) is 4.34. The van der Waals surface area contributed by atoms with Gasteiger partial charge < -0.3 is 5.32 Å². The van der Waals surface area contributed by atoms with Crippen molar-refractivity contribution in [2.45, 2.75) is 19.4 Å². The van der Waals surface area contributed by atoms with Crippen molar-refractivity contribution in [3.05, 3.63) is 18.0 Å². The molecule has 0 bridgehead atoms. The summed E-state index contributed by atoms with van der Waals surface area (Å²) >= 11 is 0. The first-order valence-electron chi connectivity index (χ1n) is 5.31. The van der Waals surface area contributed by atoms with Crippen LogP contribution in [0.5, 0.6) is 0 Å². The van der Waals surface area contributed by atoms with E-state index in [0.29, 0.717) is 12.5 Å². The van der Waals surface area contributed by atoms with Gasteiger partial charge in [-0.25, -0.2) is 0 Å². The minimum absolute atomic E-state index is 0.0807. The van der Waals surface area contributed by atoms with Gasteiger partial charge in [-0.2, -0.15) is 5.10 Å². The van der Waals surface area contributed by atoms with E-state index in [1.807, 2.05) is 20.2 Å². The summed E-state index contributed by atoms with van der Waals surface area (Å²) in [4.78, 5) is 15.9. The molecule has 1 aliphatic rings. The quantitative estimate of drug-likeness (QED) is 0.751. The highest BCUT2D eigenvalue weighted by molar-refractivity contribution is 6.06. The molecule has 86 valence electrons. The molecule has 1 unspecified atom stereocenters. The summed E-state index contributed by atoms with van der Waals surface area (Å²) in [5.74, 6) is 0.476. The fourth-order valence-corrected chi connectivity index (χ4v) is 1.56. The number of carbonyl (C=O) groups excluding carboxylic acids is 1. The molecule has 16 heavy (non-hydrogen) atoms. The van der Waals surface area contributed by atoms with Crippen LogP contribution in [0.15, 0.2) is 17.4 Å². The second-order valence-electron chi connectivity index (χ2n) is 3.74. The first-order valence-corrected chi connectivity index (χ1v) is 5.31. The number of carbonyl (C=O) groups is 1. The molecule has 0 aliphatic carbocycles. The molecule has 6 heteroatoms. The standard InChI is InChI=1S/C10H15N5O/c1-3-4-11-10-13-8(9(16)14-10)7-5-12-15(2)6-7/h5-6,8H,3-4H2,1-2H3,(H2,11,13,14,16). The zero-order valence-electron chi connectivity index (χ0n) is 9.40. The Morgan fingerprint density at radius 3 is 3.06 bits per heavy atom. The highest BCUT2D eigenvalue weighted by Crippen LogP contribution is 2.15. The molecule has 6 nitrogen and oxygen atoms in total. The van der Waals surface area contributed by atoms with Gasteiger partial charge in [0.05, 0.1) is 6.20 Å². The number of nitrogens with zero attached hydrogens (tertiary/aromatic N) is 3. The minimum atomic E-state index is -0.371. The third-order valence-corrected chi connectivity index (χ3v) is 2.34. The number of hydrogen-bond donors (Lipinski definition) is 2. The summed E-state index contributed by atoms with van der Waals surface area (Å²) in [6.45, 7) is 2.75. The number of aryl methyl sites for hydroxylation is 1. The maximum absolute atomic E-state index is 11.7. The number of aromatic nitrogens is 2. The van der Waals surface area contributed by atoms with Gasteiger partial charge in [0.15, 0.2) is 5.96 Å². The van der Waals surface area contributed by atoms with Crippen molar-refractivity contribution < 1.29 is 4.79 Å². The molecule has 1 amide bonds. The van der Waals surface area contributed by atoms with E-state index in [2.05, 4.69) is 20.7 Å². The van der Waals surface area contributed by atoms with Crippen LogP contribution in [0, 0.1) is 0 Å². The third-order valence-electron chi connectivity index (χ3n) is 2.34. The van der Waals surface area contributed by atoms with Crippen LogP contribution in [0.2, 0.25) is 0 Å². The Labute approximate surface area is 93.7 Å². The molecular formula is C10H15N5O. The average molecular weight is 221 g/mol. The zero-order chi connectivity index (χ0) is 11.5. The number of aliphatic imine (C=N–C) groups is 1. The van der Waals surface area contributed by atoms with E-state index >= 15 is 0 Å². The molecule has 1 aliphatic heterocycles. The number of hydrogen-bond acceptors (Lipinski definition) is 3. The van der Waals surface area contributed by atoms with Crippen LogP contribution in [0.4, 0.5) is 0 Å². The smallest absolute Gasteiger partial charge is 0.254 e. The largest absolute Gasteiger partial charge is 0.340 e. The van der Waals surface area contributed by atoms with E-state index in [0.717, 1.165) is 12.0 Å². The van der Waals surface area contributed by atoms with Crippen LogP contribution in [-0.2, 0) is 11.8 Å². The van der Waals surface area contributed by atoms with Crippen molar-refractivity contribution in [3.63, 3.8) is 0 Å². The molecule has 1 aromatic heterocycles. The monoisotopic (exact) mass is 221 g/mol. The molecule has 1 atom stereocenters. The van der Waals surface area contributed by atoms with Crippen LogP contribution in [0.1, 0.15) is 24.9 Å². The first-order chi connectivity index (χ1) is 7.70. The fourth-order valence-electron chi connectivity index (χ4n) is 1.56. The lowest BCUT2D eigenvalue weighted by atomic mass is 10.2. The molecule has 0 spiro atoms. The lowest BCUT2D eigenvalue weighted by molar-refractivity contribution is -0.120. The van der Waals surface area contributed by atoms with E-state index in [4.69, 9.17) is 0 Å². The van der Waals surface area contributed by atoms with E-state index in [1.54, 1.807) is 10.9 Å². The average Bonchev–Trinajstić information content (AvgIpc) is 2.82. The Bertz CT molecular complexity index is 423. The molecule has 2 N–H and O–H groups in total. The van der Waals surface area contributed by atoms with Gasteiger partial charge in [0.1, 0.15) is 6.04 Å². The number of guanidine groups is 1. The minimum Gasteiger partial charge on any atom is -0.340 e. The van der Waals surface area contributed by atoms with Crippen molar-refractivity contribution in [3.8, 4) is 0 Å². The number of nitrogens with one attached hydrogen (secondary N) is 2. The van der Waals surface area contributed by atoms with E-state index in [9.17, 15) is 4.79 Å². The van der Waals surface area contributed by atoms with Crippen LogP contribution in [0.25, 0.3) is 0 Å². The van der Waals surface area contributed by atoms with Gasteiger partial charge in [-0.1, -0.05) is 6.92 Å². The summed E-state index contributed by atoms with van der Waals surface area (Å²) in [6, 6.07) is -0.371. The van der Waals surface area contributed by atoms with Crippen molar-refractivity contribution in [1.29, 1.82) is 0 Å². The number of rotatable bonds is 3. The first kappa shape index (κ1) is 10.7. The summed E-state index contributed by atoms with van der Waals surface area (Å²) in [5.41, 5.74) is 0.849. The fraction of sp³-hybridized carbons (Fsp3) is 0.500. The van der Waals surface area contributed by atoms with Crippen molar-refractivity contribution in [2.24, 2.45) is 12.0 Å². The normalized spacial score (nSPS) is 22.2. The predicted molar refractivity (Wildman–Crippen MR) is 59.8 cm³/mol. The summed E-state index contributed by atoms with van der Waals surface area (Å²) in [6.07, 6.45) is 4.46. The molecule has 1 saturated heterocycles. The van der Waals surface area contributed by atoms with E-state index in [-0.39, 0.29) is 11.9 Å². The Morgan fingerprint density at radius 1 is 1.62 bits per heavy atom. The summed E-state index contributed by atoms with van der Waals surface area (Å²) in [5, 5.41) is 9.79. The van der Waals surface area contributed by atoms with Crippen molar-refractivity contribution >= 4 is 11.9 Å². The maximum atomic E-state index is 11.7. The van der Waals surface area contributed by atoms with Crippen molar-refractivity contribution in [1.82, 2.24) is 20.4 Å². The van der Waals surface area contributed by atoms with Gasteiger partial charge in [0.25, 0.3) is 5.91 Å². The van der Waals surface area contributed by atoms with Crippen LogP contribution >= 0.6 is 0 Å². The van der Waals surface area contributed by atoms with E-state index in [1.165, 1.54) is 0 Å². The molecule has 2 rings (SSSR count). The summed E-state index contributed by atoms with van der Waals surface area (Å²) < 4.78 is 1.67. The molecular weight excluding hydrogens is 206 g/mol. The second-order valence-corrected chi connectivity index (χ2v) is 3.74. The third kappa shape index (κ3) is 2.05. The van der Waals surface area contributed by atoms with Crippen LogP contribution in [-0.4, -0.2) is 28.2 Å². The highest BCUT2D eigenvalue weighted by atomic mass is 16.2. The van der Waals surface area contributed by atoms with Gasteiger partial charge in [-0.3, -0.25) is 19.8 Å². The predicted octanol–water partition coefficient (Wildman–Crippen LogP) is -0.0534. The van der Waals surface area contributed by atoms with Crippen LogP contribution < -0.4 is 10.6 Å². The Balaban J connectivity index is 2.11.